The number of nitrogens with one attached hydrogen (secondary N) is 1. The van der Waals surface area contributed by atoms with Crippen LogP contribution >= 0.6 is 0 Å². The van der Waals surface area contributed by atoms with Gasteiger partial charge in [-0.15, -0.1) is 0 Å². The largest absolute Gasteiger partial charge is 0.368 e. The molecule has 0 aromatic carbocycles. The maximum Gasteiger partial charge on any atom is 0.240 e. The Morgan fingerprint density at radius 1 is 1.39 bits per heavy atom. The van der Waals surface area contributed by atoms with Crippen molar-refractivity contribution in [3.05, 3.63) is 0 Å². The molecule has 0 bridgehead atoms. The highest BCUT2D eigenvalue weighted by molar-refractivity contribution is 5.87. The fourth-order valence-corrected chi connectivity index (χ4v) is 2.39. The van der Waals surface area contributed by atoms with Gasteiger partial charge in [-0.1, -0.05) is 26.2 Å². The molecule has 5 heteroatoms. The van der Waals surface area contributed by atoms with Gasteiger partial charge in [0.2, 0.25) is 11.8 Å². The van der Waals surface area contributed by atoms with E-state index in [4.69, 9.17) is 11.0 Å². The Morgan fingerprint density at radius 2 is 2.00 bits per heavy atom. The van der Waals surface area contributed by atoms with Gasteiger partial charge in [-0.3, -0.25) is 9.59 Å². The number of amides is 2. The van der Waals surface area contributed by atoms with Crippen molar-refractivity contribution < 1.29 is 9.59 Å². The maximum absolute atomic E-state index is 12.0. The van der Waals surface area contributed by atoms with Gasteiger partial charge in [-0.2, -0.15) is 5.26 Å². The van der Waals surface area contributed by atoms with Gasteiger partial charge in [0, 0.05) is 12.3 Å². The highest BCUT2D eigenvalue weighted by atomic mass is 16.2. The van der Waals surface area contributed by atoms with Crippen molar-refractivity contribution in [2.75, 3.05) is 0 Å². The van der Waals surface area contributed by atoms with Crippen LogP contribution < -0.4 is 11.1 Å². The summed E-state index contributed by atoms with van der Waals surface area (Å²) >= 11 is 0. The molecule has 0 aliphatic heterocycles. The second-order valence-corrected chi connectivity index (χ2v) is 5.06. The van der Waals surface area contributed by atoms with E-state index >= 15 is 0 Å². The summed E-state index contributed by atoms with van der Waals surface area (Å²) in [6.07, 6.45) is 5.26. The Bertz CT molecular complexity index is 343. The highest BCUT2D eigenvalue weighted by Crippen LogP contribution is 2.24. The zero-order valence-electron chi connectivity index (χ0n) is 10.8. The van der Waals surface area contributed by atoms with Crippen LogP contribution in [0.3, 0.4) is 0 Å². The fraction of sp³-hybridized carbons (Fsp3) is 0.769. The van der Waals surface area contributed by atoms with Crippen molar-refractivity contribution in [1.29, 1.82) is 5.26 Å². The van der Waals surface area contributed by atoms with Gasteiger partial charge in [0.25, 0.3) is 0 Å². The summed E-state index contributed by atoms with van der Waals surface area (Å²) in [6, 6.07) is 1.26. The van der Waals surface area contributed by atoms with Crippen LogP contribution in [0.4, 0.5) is 0 Å². The monoisotopic (exact) mass is 251 g/mol. The van der Waals surface area contributed by atoms with Gasteiger partial charge in [-0.05, 0) is 18.8 Å². The first kappa shape index (κ1) is 14.5. The topological polar surface area (TPSA) is 96.0 Å². The lowest BCUT2D eigenvalue weighted by molar-refractivity contribution is -0.131. The van der Waals surface area contributed by atoms with Gasteiger partial charge in [0.1, 0.15) is 6.04 Å². The average Bonchev–Trinajstić information content (AvgIpc) is 2.36. The third-order valence-electron chi connectivity index (χ3n) is 3.56. The van der Waals surface area contributed by atoms with E-state index in [1.165, 1.54) is 6.42 Å². The SMILES string of the molecule is C[C@@H](CC#N)[C@H](NC(=O)C1CCCCC1)C(N)=O. The summed E-state index contributed by atoms with van der Waals surface area (Å²) in [7, 11) is 0. The van der Waals surface area contributed by atoms with Crippen LogP contribution in [0.2, 0.25) is 0 Å². The second-order valence-electron chi connectivity index (χ2n) is 5.06. The second kappa shape index (κ2) is 7.00. The van der Waals surface area contributed by atoms with E-state index < -0.39 is 11.9 Å². The van der Waals surface area contributed by atoms with Crippen molar-refractivity contribution in [3.8, 4) is 6.07 Å². The normalized spacial score (nSPS) is 19.6. The molecule has 2 atom stereocenters. The van der Waals surface area contributed by atoms with E-state index in [-0.39, 0.29) is 24.2 Å². The molecular weight excluding hydrogens is 230 g/mol. The predicted molar refractivity (Wildman–Crippen MR) is 67.1 cm³/mol. The van der Waals surface area contributed by atoms with Gasteiger partial charge in [-0.25, -0.2) is 0 Å². The fourth-order valence-electron chi connectivity index (χ4n) is 2.39. The smallest absolute Gasteiger partial charge is 0.240 e. The number of primary amides is 1. The molecule has 100 valence electrons. The summed E-state index contributed by atoms with van der Waals surface area (Å²) in [5.74, 6) is -0.917. The summed E-state index contributed by atoms with van der Waals surface area (Å²) in [6.45, 7) is 1.75. The van der Waals surface area contributed by atoms with Crippen molar-refractivity contribution in [1.82, 2.24) is 5.32 Å². The van der Waals surface area contributed by atoms with Crippen molar-refractivity contribution >= 4 is 11.8 Å². The first-order chi connectivity index (χ1) is 8.56. The molecule has 0 aromatic heterocycles. The third kappa shape index (κ3) is 4.02. The molecule has 0 heterocycles. The molecule has 0 saturated heterocycles. The minimum atomic E-state index is -0.737. The van der Waals surface area contributed by atoms with Gasteiger partial charge in [0.05, 0.1) is 6.07 Å². The molecule has 18 heavy (non-hydrogen) atoms. The molecule has 0 unspecified atom stereocenters. The zero-order chi connectivity index (χ0) is 13.5. The van der Waals surface area contributed by atoms with E-state index in [9.17, 15) is 9.59 Å². The minimum Gasteiger partial charge on any atom is -0.368 e. The highest BCUT2D eigenvalue weighted by Gasteiger charge is 2.28. The van der Waals surface area contributed by atoms with E-state index in [0.29, 0.717) is 0 Å². The summed E-state index contributed by atoms with van der Waals surface area (Å²) in [5.41, 5.74) is 5.28. The Kier molecular flexibility index (Phi) is 5.63. The molecule has 1 saturated carbocycles. The van der Waals surface area contributed by atoms with Crippen LogP contribution in [-0.2, 0) is 9.59 Å². The summed E-state index contributed by atoms with van der Waals surface area (Å²) < 4.78 is 0. The number of nitrogens with two attached hydrogens (primary N) is 1. The maximum atomic E-state index is 12.0. The van der Waals surface area contributed by atoms with Gasteiger partial charge >= 0.3 is 0 Å². The van der Waals surface area contributed by atoms with E-state index in [0.717, 1.165) is 25.7 Å². The number of carbonyl (C=O) groups excluding carboxylic acids is 2. The van der Waals surface area contributed by atoms with E-state index in [2.05, 4.69) is 5.32 Å². The third-order valence-corrected chi connectivity index (χ3v) is 3.56. The average molecular weight is 251 g/mol. The molecule has 5 nitrogen and oxygen atoms in total. The molecule has 0 spiro atoms. The first-order valence-electron chi connectivity index (χ1n) is 6.53. The summed E-state index contributed by atoms with van der Waals surface area (Å²) in [5, 5.41) is 11.3. The lowest BCUT2D eigenvalue weighted by Crippen LogP contribution is -2.50. The Morgan fingerprint density at radius 3 is 2.50 bits per heavy atom. The molecule has 0 aromatic rings. The molecule has 1 aliphatic carbocycles. The summed E-state index contributed by atoms with van der Waals surface area (Å²) in [4.78, 5) is 23.4. The number of hydrogen-bond acceptors (Lipinski definition) is 3. The van der Waals surface area contributed by atoms with Crippen molar-refractivity contribution in [2.45, 2.75) is 51.5 Å². The van der Waals surface area contributed by atoms with Gasteiger partial charge in [0.15, 0.2) is 0 Å². The van der Waals surface area contributed by atoms with E-state index in [1.54, 1.807) is 6.92 Å². The number of rotatable bonds is 5. The van der Waals surface area contributed by atoms with Crippen LogP contribution in [0.25, 0.3) is 0 Å². The first-order valence-corrected chi connectivity index (χ1v) is 6.53. The molecule has 1 aliphatic rings. The predicted octanol–water partition coefficient (Wildman–Crippen LogP) is 1.09. The quantitative estimate of drug-likeness (QED) is 0.765. The molecule has 1 rings (SSSR count). The van der Waals surface area contributed by atoms with Crippen LogP contribution in [0.15, 0.2) is 0 Å². The van der Waals surface area contributed by atoms with Crippen LogP contribution in [-0.4, -0.2) is 17.9 Å². The number of nitriles is 1. The molecule has 3 N–H and O–H groups in total. The molecule has 2 amide bonds. The Labute approximate surface area is 108 Å². The van der Waals surface area contributed by atoms with Crippen molar-refractivity contribution in [3.63, 3.8) is 0 Å². The lowest BCUT2D eigenvalue weighted by Gasteiger charge is -2.25. The molecule has 1 fully saturated rings. The number of nitrogens with zero attached hydrogens (tertiary/aromatic N) is 1. The molecule has 0 radical (unpaired) electrons. The number of carbonyl (C=O) groups is 2. The number of hydrogen-bond donors (Lipinski definition) is 2. The molecular formula is C13H21N3O2. The van der Waals surface area contributed by atoms with Crippen LogP contribution in [0, 0.1) is 23.2 Å². The Balaban J connectivity index is 2.57. The van der Waals surface area contributed by atoms with Crippen LogP contribution in [0.5, 0.6) is 0 Å². The zero-order valence-corrected chi connectivity index (χ0v) is 10.8. The standard InChI is InChI=1S/C13H21N3O2/c1-9(7-8-14)11(12(15)17)16-13(18)10-5-3-2-4-6-10/h9-11H,2-7H2,1H3,(H2,15,17)(H,16,18)/t9-,11-/m0/s1. The van der Waals surface area contributed by atoms with Gasteiger partial charge < -0.3 is 11.1 Å². The Hall–Kier alpha value is -1.57. The minimum absolute atomic E-state index is 0.00474. The van der Waals surface area contributed by atoms with Crippen LogP contribution in [0.1, 0.15) is 45.4 Å². The van der Waals surface area contributed by atoms with E-state index in [1.807, 2.05) is 6.07 Å². The lowest BCUT2D eigenvalue weighted by atomic mass is 9.88. The van der Waals surface area contributed by atoms with Crippen molar-refractivity contribution in [2.24, 2.45) is 17.6 Å².